The number of benzene rings is 1. The number of hydrogen-bond acceptors (Lipinski definition) is 3. The minimum atomic E-state index is -2.74. The maximum absolute atomic E-state index is 12.7. The van der Waals surface area contributed by atoms with Crippen molar-refractivity contribution in [2.45, 2.75) is 70.1 Å². The Hall–Kier alpha value is -2.17. The SMILES string of the molecule is CN(CO)C(N)=NC1(C)c2cc(C#CC3CC3)ccc2CC12CCC(OC(F)F)CC2. The molecule has 0 radical (unpaired) electrons. The summed E-state index contributed by atoms with van der Waals surface area (Å²) in [6, 6.07) is 6.31. The van der Waals surface area contributed by atoms with E-state index >= 15 is 0 Å². The topological polar surface area (TPSA) is 71.1 Å². The molecule has 1 aromatic rings. The molecule has 1 spiro atoms. The second-order valence-corrected chi connectivity index (χ2v) is 9.35. The second-order valence-electron chi connectivity index (χ2n) is 9.35. The third kappa shape index (κ3) is 4.28. The van der Waals surface area contributed by atoms with Gasteiger partial charge < -0.3 is 20.5 Å². The summed E-state index contributed by atoms with van der Waals surface area (Å²) >= 11 is 0. The highest BCUT2D eigenvalue weighted by molar-refractivity contribution is 5.78. The van der Waals surface area contributed by atoms with E-state index in [-0.39, 0.29) is 18.1 Å². The fraction of sp³-hybridized carbons (Fsp3) is 0.625. The monoisotopic (exact) mass is 431 g/mol. The minimum Gasteiger partial charge on any atom is -0.376 e. The van der Waals surface area contributed by atoms with Gasteiger partial charge in [-0.25, -0.2) is 4.99 Å². The molecular weight excluding hydrogens is 400 g/mol. The molecule has 2 saturated carbocycles. The number of hydrogen-bond donors (Lipinski definition) is 2. The Bertz CT molecular complexity index is 911. The Morgan fingerprint density at radius 1 is 1.32 bits per heavy atom. The number of aliphatic hydroxyl groups is 1. The summed E-state index contributed by atoms with van der Waals surface area (Å²) in [5.74, 6) is 7.39. The Labute approximate surface area is 182 Å². The van der Waals surface area contributed by atoms with Crippen LogP contribution in [0.5, 0.6) is 0 Å². The number of nitrogens with two attached hydrogens (primary N) is 1. The maximum atomic E-state index is 12.7. The lowest BCUT2D eigenvalue weighted by molar-refractivity contribution is -0.177. The summed E-state index contributed by atoms with van der Waals surface area (Å²) in [6.07, 6.45) is 5.30. The highest BCUT2D eigenvalue weighted by Crippen LogP contribution is 2.60. The van der Waals surface area contributed by atoms with Crippen molar-refractivity contribution in [3.05, 3.63) is 34.9 Å². The first-order valence-electron chi connectivity index (χ1n) is 11.0. The molecule has 5 nitrogen and oxygen atoms in total. The molecule has 7 heteroatoms. The second kappa shape index (κ2) is 8.40. The molecule has 3 aliphatic carbocycles. The molecule has 2 fully saturated rings. The first kappa shape index (κ1) is 22.0. The molecule has 4 rings (SSSR count). The highest BCUT2D eigenvalue weighted by atomic mass is 19.3. The molecule has 3 N–H and O–H groups in total. The van der Waals surface area contributed by atoms with Gasteiger partial charge >= 0.3 is 6.61 Å². The standard InChI is InChI=1S/C24H31F2N3O2/c1-23(28-22(27)29(2)15-30)20-13-17(6-5-16-3-4-16)7-8-18(20)14-24(23)11-9-19(10-12-24)31-21(25)26/h7-8,13,16,19,21,30H,3-4,9-12,14-15H2,1-2H3,(H2,27,28). The molecule has 0 saturated heterocycles. The molecule has 0 aromatic heterocycles. The summed E-state index contributed by atoms with van der Waals surface area (Å²) in [7, 11) is 1.69. The molecule has 1 atom stereocenters. The molecule has 0 heterocycles. The number of halogens is 2. The number of rotatable bonds is 4. The molecule has 0 bridgehead atoms. The third-order valence-electron chi connectivity index (χ3n) is 7.32. The zero-order valence-corrected chi connectivity index (χ0v) is 18.2. The molecule has 31 heavy (non-hydrogen) atoms. The van der Waals surface area contributed by atoms with E-state index in [1.165, 1.54) is 23.3 Å². The van der Waals surface area contributed by atoms with Gasteiger partial charge in [0.25, 0.3) is 0 Å². The summed E-state index contributed by atoms with van der Waals surface area (Å²) in [6.45, 7) is -0.892. The number of nitrogens with zero attached hydrogens (tertiary/aromatic N) is 2. The van der Waals surface area contributed by atoms with Gasteiger partial charge in [0.2, 0.25) is 0 Å². The number of alkyl halides is 2. The summed E-state index contributed by atoms with van der Waals surface area (Å²) < 4.78 is 30.3. The molecule has 168 valence electrons. The Balaban J connectivity index is 1.71. The van der Waals surface area contributed by atoms with Crippen molar-refractivity contribution in [2.75, 3.05) is 13.8 Å². The normalized spacial score (nSPS) is 30.3. The highest BCUT2D eigenvalue weighted by Gasteiger charge is 2.56. The van der Waals surface area contributed by atoms with Gasteiger partial charge in [-0.05, 0) is 75.1 Å². The van der Waals surface area contributed by atoms with Crippen LogP contribution >= 0.6 is 0 Å². The fourth-order valence-corrected chi connectivity index (χ4v) is 5.15. The number of ether oxygens (including phenoxy) is 1. The fourth-order valence-electron chi connectivity index (χ4n) is 5.15. The van der Waals surface area contributed by atoms with E-state index in [1.807, 2.05) is 0 Å². The van der Waals surface area contributed by atoms with Crippen molar-refractivity contribution in [1.82, 2.24) is 4.90 Å². The van der Waals surface area contributed by atoms with Crippen molar-refractivity contribution in [3.63, 3.8) is 0 Å². The lowest BCUT2D eigenvalue weighted by atomic mass is 9.62. The quantitative estimate of drug-likeness (QED) is 0.331. The predicted octanol–water partition coefficient (Wildman–Crippen LogP) is 3.58. The largest absolute Gasteiger partial charge is 0.376 e. The van der Waals surface area contributed by atoms with Gasteiger partial charge in [0.1, 0.15) is 6.73 Å². The van der Waals surface area contributed by atoms with Crippen LogP contribution in [0.2, 0.25) is 0 Å². The van der Waals surface area contributed by atoms with E-state index in [4.69, 9.17) is 15.5 Å². The van der Waals surface area contributed by atoms with E-state index in [9.17, 15) is 13.9 Å². The Morgan fingerprint density at radius 2 is 2.03 bits per heavy atom. The zero-order chi connectivity index (χ0) is 22.2. The van der Waals surface area contributed by atoms with Crippen LogP contribution in [0.4, 0.5) is 8.78 Å². The molecule has 1 aromatic carbocycles. The van der Waals surface area contributed by atoms with Gasteiger partial charge in [0, 0.05) is 23.9 Å². The van der Waals surface area contributed by atoms with Crippen LogP contribution in [-0.2, 0) is 16.7 Å². The van der Waals surface area contributed by atoms with Crippen LogP contribution in [0.3, 0.4) is 0 Å². The van der Waals surface area contributed by atoms with Gasteiger partial charge in [-0.15, -0.1) is 0 Å². The molecule has 0 amide bonds. The van der Waals surface area contributed by atoms with E-state index < -0.39 is 18.3 Å². The Kier molecular flexibility index (Phi) is 5.97. The molecule has 1 unspecified atom stereocenters. The van der Waals surface area contributed by atoms with Crippen molar-refractivity contribution in [1.29, 1.82) is 0 Å². The summed E-state index contributed by atoms with van der Waals surface area (Å²) in [5, 5.41) is 9.51. The van der Waals surface area contributed by atoms with Crippen LogP contribution in [-0.4, -0.2) is 42.5 Å². The van der Waals surface area contributed by atoms with Crippen molar-refractivity contribution >= 4 is 5.96 Å². The van der Waals surface area contributed by atoms with Crippen LogP contribution in [0.25, 0.3) is 0 Å². The first-order valence-corrected chi connectivity index (χ1v) is 11.0. The summed E-state index contributed by atoms with van der Waals surface area (Å²) in [4.78, 5) is 6.45. The van der Waals surface area contributed by atoms with E-state index in [2.05, 4.69) is 37.0 Å². The van der Waals surface area contributed by atoms with Crippen molar-refractivity contribution < 1.29 is 18.6 Å². The number of aliphatic imine (C=N–C) groups is 1. The van der Waals surface area contributed by atoms with Crippen molar-refractivity contribution in [3.8, 4) is 11.8 Å². The van der Waals surface area contributed by atoms with Crippen LogP contribution in [0.15, 0.2) is 23.2 Å². The van der Waals surface area contributed by atoms with Crippen LogP contribution in [0.1, 0.15) is 62.1 Å². The smallest absolute Gasteiger partial charge is 0.345 e. The van der Waals surface area contributed by atoms with Gasteiger partial charge in [0.15, 0.2) is 5.96 Å². The van der Waals surface area contributed by atoms with Gasteiger partial charge in [-0.2, -0.15) is 8.78 Å². The van der Waals surface area contributed by atoms with Crippen LogP contribution < -0.4 is 5.73 Å². The number of fused-ring (bicyclic) bond motifs is 1. The molecule has 3 aliphatic rings. The first-order chi connectivity index (χ1) is 14.8. The number of aliphatic hydroxyl groups excluding tert-OH is 1. The van der Waals surface area contributed by atoms with E-state index in [0.29, 0.717) is 18.8 Å². The lowest BCUT2D eigenvalue weighted by Gasteiger charge is -2.46. The average molecular weight is 432 g/mol. The Morgan fingerprint density at radius 3 is 2.65 bits per heavy atom. The minimum absolute atomic E-state index is 0.234. The van der Waals surface area contributed by atoms with Gasteiger partial charge in [-0.3, -0.25) is 0 Å². The van der Waals surface area contributed by atoms with Crippen LogP contribution in [0, 0.1) is 23.2 Å². The van der Waals surface area contributed by atoms with E-state index in [0.717, 1.165) is 30.4 Å². The predicted molar refractivity (Wildman–Crippen MR) is 115 cm³/mol. The molecule has 0 aliphatic heterocycles. The zero-order valence-electron chi connectivity index (χ0n) is 18.2. The number of guanidine groups is 1. The third-order valence-corrected chi connectivity index (χ3v) is 7.32. The van der Waals surface area contributed by atoms with Gasteiger partial charge in [0.05, 0.1) is 11.6 Å². The maximum Gasteiger partial charge on any atom is 0.345 e. The summed E-state index contributed by atoms with van der Waals surface area (Å²) in [5.41, 5.74) is 8.64. The average Bonchev–Trinajstić information content (AvgIpc) is 3.54. The van der Waals surface area contributed by atoms with Gasteiger partial charge in [-0.1, -0.05) is 17.9 Å². The van der Waals surface area contributed by atoms with Crippen molar-refractivity contribution in [2.24, 2.45) is 22.1 Å². The molecular formula is C24H31F2N3O2. The van der Waals surface area contributed by atoms with E-state index in [1.54, 1.807) is 7.05 Å². The lowest BCUT2D eigenvalue weighted by Crippen LogP contribution is -2.46.